The van der Waals surface area contributed by atoms with E-state index in [1.54, 1.807) is 6.07 Å². The molecule has 0 aliphatic carbocycles. The maximum atomic E-state index is 13.6. The van der Waals surface area contributed by atoms with Crippen molar-refractivity contribution in [1.29, 1.82) is 0 Å². The first-order valence-electron chi connectivity index (χ1n) is 6.38. The molecule has 0 heterocycles. The van der Waals surface area contributed by atoms with Crippen molar-refractivity contribution in [2.45, 2.75) is 6.54 Å². The minimum Gasteiger partial charge on any atom is -0.630 e. The van der Waals surface area contributed by atoms with Crippen molar-refractivity contribution in [2.24, 2.45) is 0 Å². The number of benzene rings is 1. The number of allylic oxidation sites excluding steroid dienone is 2. The molecule has 0 fully saturated rings. The maximum Gasteiger partial charge on any atom is 0.260 e. The van der Waals surface area contributed by atoms with Crippen molar-refractivity contribution in [3.8, 4) is 5.75 Å². The highest BCUT2D eigenvalue weighted by Gasteiger charge is 2.19. The molecule has 0 atom stereocenters. The van der Waals surface area contributed by atoms with Gasteiger partial charge in [0.05, 0.1) is 12.1 Å². The molecule has 5 nitrogen and oxygen atoms in total. The van der Waals surface area contributed by atoms with Crippen molar-refractivity contribution in [3.63, 3.8) is 0 Å². The minimum absolute atomic E-state index is 0.0184. The van der Waals surface area contributed by atoms with E-state index in [0.29, 0.717) is 11.0 Å². The van der Waals surface area contributed by atoms with Crippen LogP contribution in [0, 0.1) is 11.0 Å². The molecule has 124 valence electrons. The van der Waals surface area contributed by atoms with Gasteiger partial charge in [-0.3, -0.25) is 4.79 Å². The number of methoxy groups -OCH3 is 1. The topological polar surface area (TPSA) is 78.0 Å². The third kappa shape index (κ3) is 5.37. The fourth-order valence-corrected chi connectivity index (χ4v) is 2.18. The first-order valence-corrected chi connectivity index (χ1v) is 7.14. The molecule has 0 saturated heterocycles. The summed E-state index contributed by atoms with van der Waals surface area (Å²) in [7, 11) is 1.35. The number of hydroxylamine groups is 1. The van der Waals surface area contributed by atoms with Crippen LogP contribution in [0.3, 0.4) is 0 Å². The number of hydrogen-bond donors (Lipinski definition) is 2. The van der Waals surface area contributed by atoms with Crippen LogP contribution in [0.2, 0.25) is 0 Å². The second-order valence-electron chi connectivity index (χ2n) is 4.24. The molecule has 1 amide bonds. The van der Waals surface area contributed by atoms with Crippen LogP contribution in [0.25, 0.3) is 0 Å². The fourth-order valence-electron chi connectivity index (χ4n) is 1.67. The third-order valence-electron chi connectivity index (χ3n) is 2.74. The summed E-state index contributed by atoms with van der Waals surface area (Å²) in [5, 5.41) is 12.9. The van der Waals surface area contributed by atoms with Gasteiger partial charge in [-0.1, -0.05) is 30.3 Å². The van der Waals surface area contributed by atoms with Gasteiger partial charge in [-0.2, -0.15) is 0 Å². The van der Waals surface area contributed by atoms with Crippen LogP contribution in [-0.4, -0.2) is 13.0 Å². The molecule has 1 aromatic rings. The molecule has 0 aliphatic rings. The molecule has 0 saturated carbocycles. The Morgan fingerprint density at radius 3 is 2.74 bits per heavy atom. The molecule has 0 aromatic heterocycles. The number of carbonyl (C=O) groups excluding carboxylic acids is 1. The largest absolute Gasteiger partial charge is 0.630 e. The Kier molecular flexibility index (Phi) is 7.77. The molecule has 23 heavy (non-hydrogen) atoms. The molecule has 0 spiro atoms. The summed E-state index contributed by atoms with van der Waals surface area (Å²) in [6, 6.07) is 4.26. The van der Waals surface area contributed by atoms with Crippen LogP contribution in [0.4, 0.5) is 4.39 Å². The maximum absolute atomic E-state index is 13.6. The van der Waals surface area contributed by atoms with Crippen LogP contribution >= 0.6 is 23.2 Å². The van der Waals surface area contributed by atoms with Crippen molar-refractivity contribution < 1.29 is 19.4 Å². The number of amides is 1. The number of carbonyl (C=O) groups is 1. The van der Waals surface area contributed by atoms with Crippen LogP contribution < -0.4 is 15.5 Å². The van der Waals surface area contributed by atoms with E-state index >= 15 is 0 Å². The van der Waals surface area contributed by atoms with E-state index in [0.717, 1.165) is 0 Å². The summed E-state index contributed by atoms with van der Waals surface area (Å²) < 4.78 is 18.4. The lowest BCUT2D eigenvalue weighted by molar-refractivity contribution is -0.524. The predicted octanol–water partition coefficient (Wildman–Crippen LogP) is 2.27. The molecule has 1 rings (SSSR count). The molecule has 1 aromatic carbocycles. The SMILES string of the molecule is C=C/C=C(Cl)\C(C(=O)NCc1ccc(OC)c(F)c1)=C(\Cl)[NH2+][O-]. The molecule has 0 bridgehead atoms. The summed E-state index contributed by atoms with van der Waals surface area (Å²) in [6.45, 7) is 3.47. The van der Waals surface area contributed by atoms with Crippen LogP contribution in [0.5, 0.6) is 5.75 Å². The number of ether oxygens (including phenoxy) is 1. The van der Waals surface area contributed by atoms with Gasteiger partial charge in [0.15, 0.2) is 11.6 Å². The summed E-state index contributed by atoms with van der Waals surface area (Å²) in [5.74, 6) is -1.12. The molecular weight excluding hydrogens is 346 g/mol. The van der Waals surface area contributed by atoms with E-state index in [-0.39, 0.29) is 28.1 Å². The van der Waals surface area contributed by atoms with Crippen LogP contribution in [0.15, 0.2) is 52.7 Å². The second kappa shape index (κ2) is 9.32. The molecular formula is C15H15Cl2FN2O3. The standard InChI is InChI=1S/C15H15Cl2FN2O3/c1-3-4-10(16)13(14(17)20-22)15(21)19-8-9-5-6-12(23-2)11(18)7-9/h3-7H,1,8,20H2,2H3,(H,19,21)/b10-4+,14-13+. The zero-order valence-corrected chi connectivity index (χ0v) is 13.7. The van der Waals surface area contributed by atoms with Gasteiger partial charge in [-0.05, 0) is 35.4 Å². The zero-order valence-electron chi connectivity index (χ0n) is 12.2. The molecule has 0 unspecified atom stereocenters. The number of quaternary nitrogens is 1. The van der Waals surface area contributed by atoms with E-state index in [9.17, 15) is 14.4 Å². The van der Waals surface area contributed by atoms with Gasteiger partial charge >= 0.3 is 0 Å². The highest BCUT2D eigenvalue weighted by molar-refractivity contribution is 6.39. The van der Waals surface area contributed by atoms with Crippen molar-refractivity contribution in [3.05, 3.63) is 69.3 Å². The average Bonchev–Trinajstić information content (AvgIpc) is 2.53. The molecule has 3 N–H and O–H groups in total. The number of nitrogens with two attached hydrogens (primary N) is 1. The third-order valence-corrected chi connectivity index (χ3v) is 3.33. The first kappa shape index (κ1) is 19.2. The molecule has 0 radical (unpaired) electrons. The Morgan fingerprint density at radius 2 is 2.22 bits per heavy atom. The van der Waals surface area contributed by atoms with Gasteiger partial charge in [0, 0.05) is 6.54 Å². The monoisotopic (exact) mass is 360 g/mol. The Labute approximate surface area is 143 Å². The lowest BCUT2D eigenvalue weighted by Crippen LogP contribution is -2.74. The zero-order chi connectivity index (χ0) is 17.4. The second-order valence-corrected chi connectivity index (χ2v) is 5.06. The quantitative estimate of drug-likeness (QED) is 0.339. The van der Waals surface area contributed by atoms with E-state index < -0.39 is 11.7 Å². The lowest BCUT2D eigenvalue weighted by atomic mass is 10.2. The van der Waals surface area contributed by atoms with Crippen molar-refractivity contribution >= 4 is 29.1 Å². The van der Waals surface area contributed by atoms with Gasteiger partial charge < -0.3 is 20.7 Å². The highest BCUT2D eigenvalue weighted by Crippen LogP contribution is 2.20. The van der Waals surface area contributed by atoms with Gasteiger partial charge in [0.1, 0.15) is 5.57 Å². The van der Waals surface area contributed by atoms with Gasteiger partial charge in [0.2, 0.25) is 5.16 Å². The normalized spacial score (nSPS) is 12.5. The van der Waals surface area contributed by atoms with E-state index in [1.807, 2.05) is 0 Å². The Hall–Kier alpha value is -1.86. The average molecular weight is 361 g/mol. The number of rotatable bonds is 7. The van der Waals surface area contributed by atoms with Crippen molar-refractivity contribution in [2.75, 3.05) is 7.11 Å². The summed E-state index contributed by atoms with van der Waals surface area (Å²) in [4.78, 5) is 12.2. The summed E-state index contributed by atoms with van der Waals surface area (Å²) >= 11 is 11.6. The van der Waals surface area contributed by atoms with E-state index in [1.165, 1.54) is 31.4 Å². The van der Waals surface area contributed by atoms with Gasteiger partial charge in [0.25, 0.3) is 5.91 Å². The van der Waals surface area contributed by atoms with Gasteiger partial charge in [-0.25, -0.2) is 4.39 Å². The summed E-state index contributed by atoms with van der Waals surface area (Å²) in [6.07, 6.45) is 2.68. The Balaban J connectivity index is 2.90. The summed E-state index contributed by atoms with van der Waals surface area (Å²) in [5.41, 5.74) is 0.627. The van der Waals surface area contributed by atoms with Crippen LogP contribution in [-0.2, 0) is 11.3 Å². The minimum atomic E-state index is -0.665. The lowest BCUT2D eigenvalue weighted by Gasteiger charge is -2.11. The Bertz CT molecular complexity index is 660. The Morgan fingerprint density at radius 1 is 1.52 bits per heavy atom. The molecule has 8 heteroatoms. The fraction of sp³-hybridized carbons (Fsp3) is 0.133. The number of nitrogens with one attached hydrogen (secondary N) is 1. The van der Waals surface area contributed by atoms with Crippen molar-refractivity contribution in [1.82, 2.24) is 5.32 Å². The smallest absolute Gasteiger partial charge is 0.260 e. The highest BCUT2D eigenvalue weighted by atomic mass is 35.5. The first-order chi connectivity index (χ1) is 10.9. The van der Waals surface area contributed by atoms with E-state index in [2.05, 4.69) is 11.9 Å². The number of hydrogen-bond acceptors (Lipinski definition) is 3. The van der Waals surface area contributed by atoms with Crippen LogP contribution in [0.1, 0.15) is 5.56 Å². The molecule has 0 aliphatic heterocycles. The number of halogens is 3. The van der Waals surface area contributed by atoms with Gasteiger partial charge in [-0.15, -0.1) is 0 Å². The predicted molar refractivity (Wildman–Crippen MR) is 87.1 cm³/mol. The van der Waals surface area contributed by atoms with E-state index in [4.69, 9.17) is 27.9 Å².